The third-order valence-corrected chi connectivity index (χ3v) is 2.25. The van der Waals surface area contributed by atoms with Crippen LogP contribution in [0.2, 0.25) is 5.15 Å². The monoisotopic (exact) mass is 251 g/mol. The van der Waals surface area contributed by atoms with Crippen molar-refractivity contribution in [3.05, 3.63) is 53.1 Å². The van der Waals surface area contributed by atoms with E-state index in [0.29, 0.717) is 12.0 Å². The molecule has 0 spiro atoms. The molecule has 3 nitrogen and oxygen atoms in total. The molecule has 1 aromatic carbocycles. The Morgan fingerprint density at radius 3 is 2.88 bits per heavy atom. The Kier molecular flexibility index (Phi) is 3.35. The summed E-state index contributed by atoms with van der Waals surface area (Å²) in [6, 6.07) is 7.07. The second-order valence-corrected chi connectivity index (χ2v) is 3.58. The second-order valence-electron chi connectivity index (χ2n) is 3.19. The van der Waals surface area contributed by atoms with Gasteiger partial charge in [0.2, 0.25) is 0 Å². The van der Waals surface area contributed by atoms with Crippen molar-refractivity contribution < 1.29 is 13.9 Å². The molecular weight excluding hydrogens is 245 g/mol. The molecule has 0 amide bonds. The molecule has 0 aliphatic rings. The molecule has 0 aliphatic heterocycles. The number of nitrogens with zero attached hydrogens (tertiary/aromatic N) is 1. The summed E-state index contributed by atoms with van der Waals surface area (Å²) in [5.41, 5.74) is 0.137. The van der Waals surface area contributed by atoms with Crippen molar-refractivity contribution >= 4 is 17.9 Å². The van der Waals surface area contributed by atoms with E-state index < -0.39 is 5.82 Å². The van der Waals surface area contributed by atoms with Gasteiger partial charge < -0.3 is 4.74 Å². The molecule has 17 heavy (non-hydrogen) atoms. The molecule has 2 rings (SSSR count). The van der Waals surface area contributed by atoms with Gasteiger partial charge in [-0.05, 0) is 18.2 Å². The van der Waals surface area contributed by atoms with E-state index in [4.69, 9.17) is 16.3 Å². The Morgan fingerprint density at radius 1 is 1.35 bits per heavy atom. The average molecular weight is 252 g/mol. The van der Waals surface area contributed by atoms with E-state index in [1.54, 1.807) is 0 Å². The fraction of sp³-hybridized carbons (Fsp3) is 0. The molecule has 0 saturated carbocycles. The Hall–Kier alpha value is -1.94. The first-order valence-corrected chi connectivity index (χ1v) is 5.11. The minimum Gasteiger partial charge on any atom is -0.453 e. The molecule has 0 N–H and O–H groups in total. The van der Waals surface area contributed by atoms with Crippen molar-refractivity contribution in [2.75, 3.05) is 0 Å². The Bertz CT molecular complexity index is 560. The van der Waals surface area contributed by atoms with Crippen molar-refractivity contribution in [1.82, 2.24) is 4.98 Å². The van der Waals surface area contributed by atoms with E-state index in [-0.39, 0.29) is 16.5 Å². The van der Waals surface area contributed by atoms with Gasteiger partial charge in [-0.1, -0.05) is 17.7 Å². The van der Waals surface area contributed by atoms with Crippen molar-refractivity contribution in [3.8, 4) is 11.5 Å². The Labute approximate surface area is 102 Å². The van der Waals surface area contributed by atoms with Crippen LogP contribution in [0.3, 0.4) is 0 Å². The van der Waals surface area contributed by atoms with Gasteiger partial charge >= 0.3 is 0 Å². The van der Waals surface area contributed by atoms with Crippen LogP contribution >= 0.6 is 11.6 Å². The number of ether oxygens (including phenoxy) is 1. The summed E-state index contributed by atoms with van der Waals surface area (Å²) >= 11 is 5.67. The standard InChI is InChI=1S/C12H7ClFNO2/c13-11-6-9(4-5-15-11)17-12-8(7-16)2-1-3-10(12)14/h1-7H. The van der Waals surface area contributed by atoms with Gasteiger partial charge in [-0.25, -0.2) is 9.37 Å². The predicted molar refractivity (Wildman–Crippen MR) is 61.1 cm³/mol. The average Bonchev–Trinajstić information content (AvgIpc) is 2.32. The van der Waals surface area contributed by atoms with Gasteiger partial charge in [0.15, 0.2) is 17.9 Å². The first-order chi connectivity index (χ1) is 8.20. The first-order valence-electron chi connectivity index (χ1n) is 4.74. The molecule has 0 bridgehead atoms. The van der Waals surface area contributed by atoms with E-state index >= 15 is 0 Å². The number of carbonyl (C=O) groups is 1. The van der Waals surface area contributed by atoms with Gasteiger partial charge in [0, 0.05) is 12.3 Å². The highest BCUT2D eigenvalue weighted by Gasteiger charge is 2.10. The number of hydrogen-bond donors (Lipinski definition) is 0. The van der Waals surface area contributed by atoms with E-state index in [1.807, 2.05) is 0 Å². The number of halogens is 2. The number of carbonyl (C=O) groups excluding carboxylic acids is 1. The normalized spacial score (nSPS) is 10.0. The second kappa shape index (κ2) is 4.93. The smallest absolute Gasteiger partial charge is 0.173 e. The van der Waals surface area contributed by atoms with Gasteiger partial charge in [-0.15, -0.1) is 0 Å². The van der Waals surface area contributed by atoms with E-state index in [1.165, 1.54) is 36.5 Å². The maximum atomic E-state index is 13.5. The maximum Gasteiger partial charge on any atom is 0.173 e. The number of aldehydes is 1. The lowest BCUT2D eigenvalue weighted by atomic mass is 10.2. The first kappa shape index (κ1) is 11.5. The molecule has 1 aromatic heterocycles. The summed E-state index contributed by atoms with van der Waals surface area (Å²) in [5.74, 6) is -0.412. The lowest BCUT2D eigenvalue weighted by molar-refractivity contribution is 0.112. The third-order valence-electron chi connectivity index (χ3n) is 2.04. The molecule has 0 unspecified atom stereocenters. The molecule has 0 aliphatic carbocycles. The number of pyridine rings is 1. The van der Waals surface area contributed by atoms with Crippen LogP contribution in [0.4, 0.5) is 4.39 Å². The molecule has 0 fully saturated rings. The fourth-order valence-corrected chi connectivity index (χ4v) is 1.46. The van der Waals surface area contributed by atoms with E-state index in [0.717, 1.165) is 0 Å². The van der Waals surface area contributed by atoms with Gasteiger partial charge in [-0.3, -0.25) is 4.79 Å². The molecule has 0 atom stereocenters. The molecule has 1 heterocycles. The number of benzene rings is 1. The molecule has 5 heteroatoms. The topological polar surface area (TPSA) is 39.2 Å². The van der Waals surface area contributed by atoms with E-state index in [9.17, 15) is 9.18 Å². The van der Waals surface area contributed by atoms with Crippen molar-refractivity contribution in [1.29, 1.82) is 0 Å². The summed E-state index contributed by atoms with van der Waals surface area (Å²) in [5, 5.41) is 0.228. The largest absolute Gasteiger partial charge is 0.453 e. The molecule has 0 radical (unpaired) electrons. The van der Waals surface area contributed by atoms with Crippen LogP contribution in [-0.2, 0) is 0 Å². The number of para-hydroxylation sites is 1. The zero-order chi connectivity index (χ0) is 12.3. The van der Waals surface area contributed by atoms with Crippen molar-refractivity contribution in [2.45, 2.75) is 0 Å². The van der Waals surface area contributed by atoms with Crippen LogP contribution in [-0.4, -0.2) is 11.3 Å². The molecule has 2 aromatic rings. The molecule has 86 valence electrons. The van der Waals surface area contributed by atoms with Crippen LogP contribution in [0.25, 0.3) is 0 Å². The fourth-order valence-electron chi connectivity index (χ4n) is 1.29. The zero-order valence-electron chi connectivity index (χ0n) is 8.56. The van der Waals surface area contributed by atoms with Gasteiger partial charge in [0.1, 0.15) is 10.9 Å². The quantitative estimate of drug-likeness (QED) is 0.619. The number of aromatic nitrogens is 1. The van der Waals surface area contributed by atoms with Crippen LogP contribution < -0.4 is 4.74 Å². The highest BCUT2D eigenvalue weighted by atomic mass is 35.5. The lowest BCUT2D eigenvalue weighted by Crippen LogP contribution is -1.94. The minimum atomic E-state index is -0.609. The Balaban J connectivity index is 2.39. The zero-order valence-corrected chi connectivity index (χ0v) is 9.32. The highest BCUT2D eigenvalue weighted by molar-refractivity contribution is 6.29. The SMILES string of the molecule is O=Cc1cccc(F)c1Oc1ccnc(Cl)c1. The summed E-state index contributed by atoms with van der Waals surface area (Å²) in [6.07, 6.45) is 1.96. The lowest BCUT2D eigenvalue weighted by Gasteiger charge is -2.08. The number of rotatable bonds is 3. The summed E-state index contributed by atoms with van der Waals surface area (Å²) in [4.78, 5) is 14.5. The predicted octanol–water partition coefficient (Wildman–Crippen LogP) is 3.48. The van der Waals surface area contributed by atoms with Gasteiger partial charge in [0.25, 0.3) is 0 Å². The molecule has 0 saturated heterocycles. The minimum absolute atomic E-state index is 0.121. The van der Waals surface area contributed by atoms with Gasteiger partial charge in [0.05, 0.1) is 5.56 Å². The Morgan fingerprint density at radius 2 is 2.18 bits per heavy atom. The highest BCUT2D eigenvalue weighted by Crippen LogP contribution is 2.28. The summed E-state index contributed by atoms with van der Waals surface area (Å²) in [6.45, 7) is 0. The van der Waals surface area contributed by atoms with Crippen molar-refractivity contribution in [3.63, 3.8) is 0 Å². The molecular formula is C12H7ClFNO2. The van der Waals surface area contributed by atoms with Gasteiger partial charge in [-0.2, -0.15) is 0 Å². The summed E-state index contributed by atoms with van der Waals surface area (Å²) in [7, 11) is 0. The van der Waals surface area contributed by atoms with Crippen LogP contribution in [0.1, 0.15) is 10.4 Å². The number of hydrogen-bond acceptors (Lipinski definition) is 3. The third kappa shape index (κ3) is 2.60. The van der Waals surface area contributed by atoms with Crippen LogP contribution in [0, 0.1) is 5.82 Å². The summed E-state index contributed by atoms with van der Waals surface area (Å²) < 4.78 is 18.8. The van der Waals surface area contributed by atoms with E-state index in [2.05, 4.69) is 4.98 Å². The van der Waals surface area contributed by atoms with Crippen molar-refractivity contribution in [2.24, 2.45) is 0 Å². The van der Waals surface area contributed by atoms with Crippen LogP contribution in [0.15, 0.2) is 36.5 Å². The maximum absolute atomic E-state index is 13.5. The van der Waals surface area contributed by atoms with Crippen LogP contribution in [0.5, 0.6) is 11.5 Å².